The molecule has 0 fully saturated rings. The predicted molar refractivity (Wildman–Crippen MR) is 58.6 cm³/mol. The van der Waals surface area contributed by atoms with Crippen molar-refractivity contribution in [2.45, 2.75) is 26.7 Å². The maximum Gasteiger partial charge on any atom is 0.0149 e. The zero-order valence-corrected chi connectivity index (χ0v) is 8.86. The van der Waals surface area contributed by atoms with Gasteiger partial charge in [-0.15, -0.1) is 0 Å². The lowest BCUT2D eigenvalue weighted by Gasteiger charge is -2.04. The van der Waals surface area contributed by atoms with E-state index in [2.05, 4.69) is 43.8 Å². The van der Waals surface area contributed by atoms with Crippen LogP contribution >= 0.6 is 11.8 Å². The first-order chi connectivity index (χ1) is 5.79. The SMILES string of the molecule is CC(C)CCSCC1=CC=CC1. The third-order valence-electron chi connectivity index (χ3n) is 1.98. The van der Waals surface area contributed by atoms with Gasteiger partial charge in [0.05, 0.1) is 0 Å². The highest BCUT2D eigenvalue weighted by Crippen LogP contribution is 2.18. The van der Waals surface area contributed by atoms with E-state index in [1.54, 1.807) is 5.57 Å². The fourth-order valence-corrected chi connectivity index (χ4v) is 2.38. The average molecular weight is 182 g/mol. The minimum absolute atomic E-state index is 0.855. The predicted octanol–water partition coefficient (Wildman–Crippen LogP) is 3.65. The topological polar surface area (TPSA) is 0 Å². The molecule has 0 saturated heterocycles. The molecule has 0 radical (unpaired) electrons. The van der Waals surface area contributed by atoms with Gasteiger partial charge in [-0.1, -0.05) is 37.6 Å². The van der Waals surface area contributed by atoms with Crippen LogP contribution in [-0.4, -0.2) is 11.5 Å². The third-order valence-corrected chi connectivity index (χ3v) is 3.07. The minimum Gasteiger partial charge on any atom is -0.158 e. The number of rotatable bonds is 5. The molecule has 0 atom stereocenters. The van der Waals surface area contributed by atoms with E-state index in [0.717, 1.165) is 5.92 Å². The second kappa shape index (κ2) is 5.47. The van der Waals surface area contributed by atoms with Crippen LogP contribution in [0, 0.1) is 5.92 Å². The van der Waals surface area contributed by atoms with Crippen molar-refractivity contribution in [2.24, 2.45) is 5.92 Å². The Kier molecular flexibility index (Phi) is 4.52. The summed E-state index contributed by atoms with van der Waals surface area (Å²) >= 11 is 2.07. The molecule has 12 heavy (non-hydrogen) atoms. The van der Waals surface area contributed by atoms with Crippen molar-refractivity contribution in [3.05, 3.63) is 23.8 Å². The lowest BCUT2D eigenvalue weighted by molar-refractivity contribution is 0.632. The van der Waals surface area contributed by atoms with E-state index in [1.807, 2.05) is 0 Å². The molecule has 1 heteroatoms. The van der Waals surface area contributed by atoms with Gasteiger partial charge in [-0.05, 0) is 24.5 Å². The van der Waals surface area contributed by atoms with Gasteiger partial charge in [0, 0.05) is 5.75 Å². The average Bonchev–Trinajstić information content (AvgIpc) is 2.49. The summed E-state index contributed by atoms with van der Waals surface area (Å²) in [5, 5.41) is 0. The zero-order chi connectivity index (χ0) is 8.81. The Balaban J connectivity index is 1.96. The number of allylic oxidation sites excluding steroid dienone is 3. The number of hydrogen-bond acceptors (Lipinski definition) is 1. The highest BCUT2D eigenvalue weighted by Gasteiger charge is 1.99. The molecule has 1 rings (SSSR count). The first-order valence-corrected chi connectivity index (χ1v) is 5.87. The van der Waals surface area contributed by atoms with Crippen molar-refractivity contribution in [2.75, 3.05) is 11.5 Å². The van der Waals surface area contributed by atoms with E-state index in [-0.39, 0.29) is 0 Å². The summed E-state index contributed by atoms with van der Waals surface area (Å²) in [6.45, 7) is 4.58. The summed E-state index contributed by atoms with van der Waals surface area (Å²) < 4.78 is 0. The van der Waals surface area contributed by atoms with Crippen molar-refractivity contribution in [3.63, 3.8) is 0 Å². The van der Waals surface area contributed by atoms with Crippen LogP contribution in [0.1, 0.15) is 26.7 Å². The van der Waals surface area contributed by atoms with Gasteiger partial charge in [-0.3, -0.25) is 0 Å². The molecular weight excluding hydrogens is 164 g/mol. The van der Waals surface area contributed by atoms with Crippen LogP contribution in [0.4, 0.5) is 0 Å². The highest BCUT2D eigenvalue weighted by molar-refractivity contribution is 7.99. The van der Waals surface area contributed by atoms with Crippen molar-refractivity contribution in [1.82, 2.24) is 0 Å². The van der Waals surface area contributed by atoms with Crippen LogP contribution in [0.3, 0.4) is 0 Å². The summed E-state index contributed by atoms with van der Waals surface area (Å²) in [7, 11) is 0. The van der Waals surface area contributed by atoms with E-state index in [0.29, 0.717) is 0 Å². The largest absolute Gasteiger partial charge is 0.158 e. The molecule has 0 amide bonds. The maximum atomic E-state index is 2.29. The second-order valence-electron chi connectivity index (χ2n) is 3.69. The smallest absolute Gasteiger partial charge is 0.0149 e. The Bertz CT molecular complexity index is 177. The molecule has 0 heterocycles. The summed E-state index contributed by atoms with van der Waals surface area (Å²) in [5.41, 5.74) is 1.59. The second-order valence-corrected chi connectivity index (χ2v) is 4.80. The Labute approximate surface area is 80.1 Å². The highest BCUT2D eigenvalue weighted by atomic mass is 32.2. The van der Waals surface area contributed by atoms with Gasteiger partial charge in [-0.25, -0.2) is 0 Å². The molecule has 1 aliphatic carbocycles. The summed E-state index contributed by atoms with van der Waals surface area (Å²) in [4.78, 5) is 0. The maximum absolute atomic E-state index is 2.29. The van der Waals surface area contributed by atoms with Crippen molar-refractivity contribution in [1.29, 1.82) is 0 Å². The normalized spacial score (nSPS) is 15.8. The molecule has 68 valence electrons. The van der Waals surface area contributed by atoms with Gasteiger partial charge in [0.25, 0.3) is 0 Å². The van der Waals surface area contributed by atoms with E-state index in [4.69, 9.17) is 0 Å². The monoisotopic (exact) mass is 182 g/mol. The molecule has 0 unspecified atom stereocenters. The Morgan fingerprint density at radius 1 is 1.50 bits per heavy atom. The van der Waals surface area contributed by atoms with Crippen LogP contribution < -0.4 is 0 Å². The summed E-state index contributed by atoms with van der Waals surface area (Å²) in [5.74, 6) is 3.41. The lowest BCUT2D eigenvalue weighted by atomic mass is 10.2. The van der Waals surface area contributed by atoms with Gasteiger partial charge < -0.3 is 0 Å². The van der Waals surface area contributed by atoms with Gasteiger partial charge >= 0.3 is 0 Å². The molecule has 0 aromatic rings. The number of thioether (sulfide) groups is 1. The number of hydrogen-bond donors (Lipinski definition) is 0. The molecule has 1 aliphatic rings. The van der Waals surface area contributed by atoms with Crippen molar-refractivity contribution >= 4 is 11.8 Å². The van der Waals surface area contributed by atoms with E-state index < -0.39 is 0 Å². The fourth-order valence-electron chi connectivity index (χ4n) is 1.12. The molecule has 0 aliphatic heterocycles. The van der Waals surface area contributed by atoms with Gasteiger partial charge in [0.1, 0.15) is 0 Å². The molecular formula is C11H18S. The molecule has 0 saturated carbocycles. The Hall–Kier alpha value is -0.170. The van der Waals surface area contributed by atoms with Crippen LogP contribution in [0.25, 0.3) is 0 Å². The van der Waals surface area contributed by atoms with Crippen LogP contribution in [-0.2, 0) is 0 Å². The first-order valence-electron chi connectivity index (χ1n) is 4.71. The molecule has 0 aromatic carbocycles. The van der Waals surface area contributed by atoms with Gasteiger partial charge in [-0.2, -0.15) is 11.8 Å². The third kappa shape index (κ3) is 4.01. The van der Waals surface area contributed by atoms with E-state index in [9.17, 15) is 0 Å². The quantitative estimate of drug-likeness (QED) is 0.585. The fraction of sp³-hybridized carbons (Fsp3) is 0.636. The van der Waals surface area contributed by atoms with Gasteiger partial charge in [0.15, 0.2) is 0 Å². The Morgan fingerprint density at radius 3 is 2.92 bits per heavy atom. The van der Waals surface area contributed by atoms with E-state index >= 15 is 0 Å². The van der Waals surface area contributed by atoms with Crippen molar-refractivity contribution in [3.8, 4) is 0 Å². The molecule has 0 nitrogen and oxygen atoms in total. The molecule has 0 N–H and O–H groups in total. The standard InChI is InChI=1S/C11H18S/c1-10(2)7-8-12-9-11-5-3-4-6-11/h3-5,10H,6-9H2,1-2H3. The molecule has 0 aromatic heterocycles. The van der Waals surface area contributed by atoms with E-state index in [1.165, 1.54) is 24.3 Å². The van der Waals surface area contributed by atoms with Crippen molar-refractivity contribution < 1.29 is 0 Å². The van der Waals surface area contributed by atoms with Crippen LogP contribution in [0.15, 0.2) is 23.8 Å². The minimum atomic E-state index is 0.855. The first kappa shape index (κ1) is 9.91. The summed E-state index contributed by atoms with van der Waals surface area (Å²) in [6.07, 6.45) is 9.19. The zero-order valence-electron chi connectivity index (χ0n) is 8.05. The molecule has 0 spiro atoms. The van der Waals surface area contributed by atoms with Crippen LogP contribution in [0.5, 0.6) is 0 Å². The lowest BCUT2D eigenvalue weighted by Crippen LogP contribution is -1.91. The van der Waals surface area contributed by atoms with Crippen LogP contribution in [0.2, 0.25) is 0 Å². The Morgan fingerprint density at radius 2 is 2.33 bits per heavy atom. The molecule has 0 bridgehead atoms. The summed E-state index contributed by atoms with van der Waals surface area (Å²) in [6, 6.07) is 0. The van der Waals surface area contributed by atoms with Gasteiger partial charge in [0.2, 0.25) is 0 Å².